The third kappa shape index (κ3) is 2.93. The number of aryl methyl sites for hydroxylation is 1. The van der Waals surface area contributed by atoms with Crippen molar-refractivity contribution in [2.24, 2.45) is 5.92 Å². The van der Waals surface area contributed by atoms with Crippen LogP contribution in [0.3, 0.4) is 0 Å². The number of amides is 4. The van der Waals surface area contributed by atoms with Crippen LogP contribution in [-0.2, 0) is 21.5 Å². The highest BCUT2D eigenvalue weighted by Gasteiger charge is 2.55. The Labute approximate surface area is 209 Å². The van der Waals surface area contributed by atoms with Gasteiger partial charge in [-0.25, -0.2) is 4.79 Å². The Bertz CT molecular complexity index is 1380. The maximum atomic E-state index is 13.4. The van der Waals surface area contributed by atoms with E-state index in [4.69, 9.17) is 0 Å². The average Bonchev–Trinajstić information content (AvgIpc) is 3.40. The van der Waals surface area contributed by atoms with E-state index in [1.165, 1.54) is 22.3 Å². The zero-order chi connectivity index (χ0) is 24.4. The molecule has 2 atom stereocenters. The minimum atomic E-state index is -1.04. The van der Waals surface area contributed by atoms with Crippen LogP contribution in [0.5, 0.6) is 0 Å². The highest BCUT2D eigenvalue weighted by molar-refractivity contribution is 6.09. The zero-order valence-electron chi connectivity index (χ0n) is 19.9. The molecular weight excluding hydrogens is 450 g/mol. The molecule has 1 saturated heterocycles. The Hall–Kier alpha value is -3.93. The van der Waals surface area contributed by atoms with Gasteiger partial charge in [0.2, 0.25) is 5.91 Å². The summed E-state index contributed by atoms with van der Waals surface area (Å²) in [6.45, 7) is 0.253. The lowest BCUT2D eigenvalue weighted by Crippen LogP contribution is -2.45. The third-order valence-corrected chi connectivity index (χ3v) is 8.71. The third-order valence-electron chi connectivity index (χ3n) is 8.71. The lowest BCUT2D eigenvalue weighted by molar-refractivity contribution is -0.135. The molecule has 2 N–H and O–H groups in total. The number of urea groups is 1. The number of rotatable bonds is 4. The van der Waals surface area contributed by atoms with Crippen LogP contribution in [0.15, 0.2) is 72.8 Å². The summed E-state index contributed by atoms with van der Waals surface area (Å²) >= 11 is 0. The van der Waals surface area contributed by atoms with Gasteiger partial charge in [-0.2, -0.15) is 0 Å². The van der Waals surface area contributed by atoms with Gasteiger partial charge in [0.1, 0.15) is 12.1 Å². The summed E-state index contributed by atoms with van der Waals surface area (Å²) in [6, 6.07) is 24.5. The fourth-order valence-electron chi connectivity index (χ4n) is 7.14. The number of hydrogen-bond donors (Lipinski definition) is 2. The quantitative estimate of drug-likeness (QED) is 0.561. The van der Waals surface area contributed by atoms with E-state index in [-0.39, 0.29) is 30.2 Å². The van der Waals surface area contributed by atoms with Crippen molar-refractivity contribution >= 4 is 17.8 Å². The lowest BCUT2D eigenvalue weighted by Gasteiger charge is -2.45. The van der Waals surface area contributed by atoms with E-state index < -0.39 is 11.6 Å². The number of nitrogens with zero attached hydrogens (tertiary/aromatic N) is 1. The highest BCUT2D eigenvalue weighted by atomic mass is 16.2. The van der Waals surface area contributed by atoms with Crippen LogP contribution in [0.4, 0.5) is 4.79 Å². The number of carbonyl (C=O) groups excluding carboxylic acids is 3. The van der Waals surface area contributed by atoms with Gasteiger partial charge in [-0.1, -0.05) is 72.8 Å². The first kappa shape index (κ1) is 21.4. The Morgan fingerprint density at radius 3 is 2.28 bits per heavy atom. The van der Waals surface area contributed by atoms with Crippen molar-refractivity contribution in [1.29, 1.82) is 0 Å². The SMILES string of the molecule is O=C(CN1C(=O)NC2(CCc3ccccc32)C1=O)NCC1CC2c3ccccc3C1c1ccccc12. The maximum Gasteiger partial charge on any atom is 0.325 e. The molecule has 6 heteroatoms. The molecule has 0 saturated carbocycles. The molecule has 2 bridgehead atoms. The van der Waals surface area contributed by atoms with Crippen molar-refractivity contribution < 1.29 is 14.4 Å². The van der Waals surface area contributed by atoms with Crippen LogP contribution in [0, 0.1) is 5.92 Å². The Morgan fingerprint density at radius 2 is 1.56 bits per heavy atom. The normalized spacial score (nSPS) is 27.0. The second-order valence-electron chi connectivity index (χ2n) is 10.5. The number of benzene rings is 3. The van der Waals surface area contributed by atoms with Crippen LogP contribution in [0.2, 0.25) is 0 Å². The van der Waals surface area contributed by atoms with Gasteiger partial charge in [-0.15, -0.1) is 0 Å². The van der Waals surface area contributed by atoms with Crippen LogP contribution in [-0.4, -0.2) is 35.8 Å². The van der Waals surface area contributed by atoms with Crippen molar-refractivity contribution in [2.45, 2.75) is 36.6 Å². The highest BCUT2D eigenvalue weighted by Crippen LogP contribution is 2.55. The lowest BCUT2D eigenvalue weighted by atomic mass is 9.59. The predicted molar refractivity (Wildman–Crippen MR) is 134 cm³/mol. The Balaban J connectivity index is 1.07. The van der Waals surface area contributed by atoms with Crippen LogP contribution in [0.1, 0.15) is 58.1 Å². The molecule has 3 aromatic carbocycles. The molecule has 1 fully saturated rings. The summed E-state index contributed by atoms with van der Waals surface area (Å²) in [5.74, 6) is 0.201. The number of nitrogens with one attached hydrogen (secondary N) is 2. The molecular formula is C30H27N3O3. The molecule has 0 aromatic heterocycles. The van der Waals surface area contributed by atoms with Gasteiger partial charge in [0, 0.05) is 18.4 Å². The van der Waals surface area contributed by atoms with Crippen molar-refractivity contribution in [3.8, 4) is 0 Å². The van der Waals surface area contributed by atoms with Crippen molar-refractivity contribution in [3.63, 3.8) is 0 Å². The zero-order valence-corrected chi connectivity index (χ0v) is 19.9. The van der Waals surface area contributed by atoms with Crippen LogP contribution in [0.25, 0.3) is 0 Å². The Morgan fingerprint density at radius 1 is 0.917 bits per heavy atom. The first-order valence-corrected chi connectivity index (χ1v) is 12.7. The number of fused-ring (bicyclic) bond motifs is 3. The molecule has 2 unspecified atom stereocenters. The molecule has 1 aliphatic heterocycles. The molecule has 180 valence electrons. The van der Waals surface area contributed by atoms with Crippen molar-refractivity contribution in [2.75, 3.05) is 13.1 Å². The standard InChI is InChI=1S/C30H27N3O3/c34-26(17-33-28(35)30(32-29(33)36)14-13-18-7-1-6-12-25(18)30)31-16-19-15-24-20-8-2-4-10-22(20)27(19)23-11-5-3-9-21(23)24/h1-12,19,24,27H,13-17H2,(H,31,34)(H,32,36). The summed E-state index contributed by atoms with van der Waals surface area (Å²) in [6.07, 6.45) is 2.23. The van der Waals surface area contributed by atoms with Crippen LogP contribution >= 0.6 is 0 Å². The van der Waals surface area contributed by atoms with Gasteiger partial charge >= 0.3 is 6.03 Å². The summed E-state index contributed by atoms with van der Waals surface area (Å²) in [4.78, 5) is 40.2. The summed E-state index contributed by atoms with van der Waals surface area (Å²) in [5.41, 5.74) is 6.37. The molecule has 4 aliphatic carbocycles. The summed E-state index contributed by atoms with van der Waals surface area (Å²) in [5, 5.41) is 5.95. The van der Waals surface area contributed by atoms with Gasteiger partial charge in [0.15, 0.2) is 0 Å². The summed E-state index contributed by atoms with van der Waals surface area (Å²) in [7, 11) is 0. The molecule has 1 heterocycles. The first-order chi connectivity index (χ1) is 17.6. The molecule has 4 amide bonds. The van der Waals surface area contributed by atoms with Crippen molar-refractivity contribution in [1.82, 2.24) is 15.5 Å². The van der Waals surface area contributed by atoms with Gasteiger partial charge in [-0.3, -0.25) is 14.5 Å². The minimum Gasteiger partial charge on any atom is -0.354 e. The van der Waals surface area contributed by atoms with Gasteiger partial charge in [0.25, 0.3) is 5.91 Å². The smallest absolute Gasteiger partial charge is 0.325 e. The first-order valence-electron chi connectivity index (χ1n) is 12.7. The molecule has 3 aromatic rings. The number of imide groups is 1. The monoisotopic (exact) mass is 477 g/mol. The fourth-order valence-corrected chi connectivity index (χ4v) is 7.14. The van der Waals surface area contributed by atoms with Crippen molar-refractivity contribution in [3.05, 3.63) is 106 Å². The molecule has 8 rings (SSSR count). The summed E-state index contributed by atoms with van der Waals surface area (Å²) < 4.78 is 0. The molecule has 36 heavy (non-hydrogen) atoms. The topological polar surface area (TPSA) is 78.5 Å². The average molecular weight is 478 g/mol. The van der Waals surface area contributed by atoms with E-state index in [2.05, 4.69) is 59.2 Å². The predicted octanol–water partition coefficient (Wildman–Crippen LogP) is 3.79. The Kier molecular flexibility index (Phi) is 4.62. The second-order valence-corrected chi connectivity index (χ2v) is 10.5. The number of hydrogen-bond acceptors (Lipinski definition) is 3. The van der Waals surface area contributed by atoms with Gasteiger partial charge < -0.3 is 10.6 Å². The second kappa shape index (κ2) is 7.79. The largest absolute Gasteiger partial charge is 0.354 e. The molecule has 5 aliphatic rings. The molecule has 0 radical (unpaired) electrons. The van der Waals surface area contributed by atoms with E-state index >= 15 is 0 Å². The molecule has 1 spiro atoms. The van der Waals surface area contributed by atoms with Gasteiger partial charge in [-0.05, 0) is 58.6 Å². The van der Waals surface area contributed by atoms with E-state index in [1.807, 2.05) is 24.3 Å². The molecule has 6 nitrogen and oxygen atoms in total. The number of carbonyl (C=O) groups is 3. The minimum absolute atomic E-state index is 0.234. The fraction of sp³-hybridized carbons (Fsp3) is 0.300. The van der Waals surface area contributed by atoms with E-state index in [0.29, 0.717) is 18.9 Å². The van der Waals surface area contributed by atoms with Gasteiger partial charge in [0.05, 0.1) is 0 Å². The van der Waals surface area contributed by atoms with E-state index in [1.54, 1.807) is 0 Å². The van der Waals surface area contributed by atoms with Crippen LogP contribution < -0.4 is 10.6 Å². The van der Waals surface area contributed by atoms with E-state index in [0.717, 1.165) is 28.9 Å². The van der Waals surface area contributed by atoms with E-state index in [9.17, 15) is 14.4 Å². The maximum absolute atomic E-state index is 13.4.